The number of alkyl carbamates (subject to hydrolysis) is 1. The molecule has 1 aromatic carbocycles. The van der Waals surface area contributed by atoms with Gasteiger partial charge in [0, 0.05) is 11.6 Å². The normalized spacial score (nSPS) is 12.5. The van der Waals surface area contributed by atoms with Crippen LogP contribution in [0.3, 0.4) is 0 Å². The van der Waals surface area contributed by atoms with Crippen molar-refractivity contribution in [3.8, 4) is 0 Å². The molecule has 22 heavy (non-hydrogen) atoms. The Morgan fingerprint density at radius 3 is 2.50 bits per heavy atom. The standard InChI is InChI=1S/C15H17ClF3NO2/c1-14(2,3)22-13(21)20-8-4-5-10-9-11(16)6-7-12(10)15(17,18)19/h4-7,9H,8H2,1-3H3,(H,20,21). The topological polar surface area (TPSA) is 38.3 Å². The summed E-state index contributed by atoms with van der Waals surface area (Å²) in [5.41, 5.74) is -1.49. The Bertz CT molecular complexity index is 563. The molecule has 0 saturated carbocycles. The molecule has 1 aromatic rings. The van der Waals surface area contributed by atoms with Gasteiger partial charge in [0.15, 0.2) is 0 Å². The van der Waals surface area contributed by atoms with Gasteiger partial charge in [-0.2, -0.15) is 13.2 Å². The molecular weight excluding hydrogens is 319 g/mol. The number of ether oxygens (including phenoxy) is 1. The highest BCUT2D eigenvalue weighted by Gasteiger charge is 2.32. The molecule has 0 aliphatic carbocycles. The zero-order valence-corrected chi connectivity index (χ0v) is 13.2. The molecule has 122 valence electrons. The highest BCUT2D eigenvalue weighted by Crippen LogP contribution is 2.33. The lowest BCUT2D eigenvalue weighted by Crippen LogP contribution is -2.32. The summed E-state index contributed by atoms with van der Waals surface area (Å²) < 4.78 is 43.5. The summed E-state index contributed by atoms with van der Waals surface area (Å²) in [6.45, 7) is 5.18. The maximum absolute atomic E-state index is 12.8. The van der Waals surface area contributed by atoms with Crippen LogP contribution < -0.4 is 5.32 Å². The van der Waals surface area contributed by atoms with E-state index in [2.05, 4.69) is 5.32 Å². The van der Waals surface area contributed by atoms with Crippen molar-refractivity contribution in [2.45, 2.75) is 32.5 Å². The first-order chi connectivity index (χ1) is 9.99. The number of benzene rings is 1. The number of nitrogens with one attached hydrogen (secondary N) is 1. The SMILES string of the molecule is CC(C)(C)OC(=O)NCC=Cc1cc(Cl)ccc1C(F)(F)F. The largest absolute Gasteiger partial charge is 0.444 e. The van der Waals surface area contributed by atoms with Gasteiger partial charge in [0.1, 0.15) is 5.60 Å². The summed E-state index contributed by atoms with van der Waals surface area (Å²) in [5, 5.41) is 2.62. The van der Waals surface area contributed by atoms with Crippen LogP contribution in [0.15, 0.2) is 24.3 Å². The van der Waals surface area contributed by atoms with Crippen LogP contribution in [-0.4, -0.2) is 18.2 Å². The number of amides is 1. The summed E-state index contributed by atoms with van der Waals surface area (Å²) in [5.74, 6) is 0. The monoisotopic (exact) mass is 335 g/mol. The fraction of sp³-hybridized carbons (Fsp3) is 0.400. The van der Waals surface area contributed by atoms with Crippen LogP contribution >= 0.6 is 11.6 Å². The number of carbonyl (C=O) groups excluding carboxylic acids is 1. The predicted octanol–water partition coefficient (Wildman–Crippen LogP) is 4.90. The first-order valence-corrected chi connectivity index (χ1v) is 6.87. The Hall–Kier alpha value is -1.69. The van der Waals surface area contributed by atoms with Crippen molar-refractivity contribution in [2.75, 3.05) is 6.54 Å². The second kappa shape index (κ2) is 7.05. The van der Waals surface area contributed by atoms with E-state index < -0.39 is 23.4 Å². The van der Waals surface area contributed by atoms with Gasteiger partial charge in [0.25, 0.3) is 0 Å². The molecule has 0 aliphatic rings. The van der Waals surface area contributed by atoms with Crippen LogP contribution in [0.1, 0.15) is 31.9 Å². The van der Waals surface area contributed by atoms with Crippen molar-refractivity contribution in [1.29, 1.82) is 0 Å². The number of alkyl halides is 3. The lowest BCUT2D eigenvalue weighted by molar-refractivity contribution is -0.137. The molecule has 0 heterocycles. The highest BCUT2D eigenvalue weighted by atomic mass is 35.5. The summed E-state index contributed by atoms with van der Waals surface area (Å²) >= 11 is 5.71. The lowest BCUT2D eigenvalue weighted by atomic mass is 10.1. The first kappa shape index (κ1) is 18.4. The highest BCUT2D eigenvalue weighted by molar-refractivity contribution is 6.30. The van der Waals surface area contributed by atoms with Crippen LogP contribution in [0, 0.1) is 0 Å². The van der Waals surface area contributed by atoms with E-state index in [0.29, 0.717) is 0 Å². The van der Waals surface area contributed by atoms with Gasteiger partial charge < -0.3 is 10.1 Å². The van der Waals surface area contributed by atoms with Crippen molar-refractivity contribution < 1.29 is 22.7 Å². The van der Waals surface area contributed by atoms with E-state index in [9.17, 15) is 18.0 Å². The van der Waals surface area contributed by atoms with E-state index in [1.165, 1.54) is 24.3 Å². The Labute approximate surface area is 132 Å². The Kier molecular flexibility index (Phi) is 5.88. The van der Waals surface area contributed by atoms with Gasteiger partial charge in [-0.25, -0.2) is 4.79 Å². The molecule has 0 unspecified atom stereocenters. The van der Waals surface area contributed by atoms with Crippen LogP contribution in [0.4, 0.5) is 18.0 Å². The summed E-state index contributed by atoms with van der Waals surface area (Å²) in [7, 11) is 0. The average molecular weight is 336 g/mol. The molecule has 1 amide bonds. The molecule has 0 fully saturated rings. The fourth-order valence-electron chi connectivity index (χ4n) is 1.57. The van der Waals surface area contributed by atoms with Crippen LogP contribution in [0.2, 0.25) is 5.02 Å². The predicted molar refractivity (Wildman–Crippen MR) is 79.7 cm³/mol. The zero-order valence-electron chi connectivity index (χ0n) is 12.4. The Balaban J connectivity index is 2.71. The van der Waals surface area contributed by atoms with Gasteiger partial charge >= 0.3 is 12.3 Å². The third-order valence-electron chi connectivity index (χ3n) is 2.38. The van der Waals surface area contributed by atoms with Gasteiger partial charge in [-0.1, -0.05) is 23.8 Å². The van der Waals surface area contributed by atoms with Crippen molar-refractivity contribution in [1.82, 2.24) is 5.32 Å². The van der Waals surface area contributed by atoms with Crippen molar-refractivity contribution in [2.24, 2.45) is 0 Å². The second-order valence-electron chi connectivity index (χ2n) is 5.51. The molecule has 0 spiro atoms. The van der Waals surface area contributed by atoms with Crippen LogP contribution in [-0.2, 0) is 10.9 Å². The maximum atomic E-state index is 12.8. The van der Waals surface area contributed by atoms with E-state index in [4.69, 9.17) is 16.3 Å². The lowest BCUT2D eigenvalue weighted by Gasteiger charge is -2.19. The molecule has 0 saturated heterocycles. The second-order valence-corrected chi connectivity index (χ2v) is 5.95. The van der Waals surface area contributed by atoms with Gasteiger partial charge in [-0.3, -0.25) is 0 Å². The number of halogens is 4. The minimum atomic E-state index is -4.47. The number of hydrogen-bond donors (Lipinski definition) is 1. The van der Waals surface area contributed by atoms with Gasteiger partial charge in [0.05, 0.1) is 5.56 Å². The Morgan fingerprint density at radius 2 is 1.95 bits per heavy atom. The molecule has 0 atom stereocenters. The smallest absolute Gasteiger partial charge is 0.416 e. The number of rotatable bonds is 3. The van der Waals surface area contributed by atoms with Crippen molar-refractivity contribution in [3.05, 3.63) is 40.4 Å². The van der Waals surface area contributed by atoms with Crippen LogP contribution in [0.25, 0.3) is 6.08 Å². The zero-order chi connectivity index (χ0) is 17.0. The van der Waals surface area contributed by atoms with E-state index in [1.807, 2.05) is 0 Å². The molecule has 1 rings (SSSR count). The molecule has 0 radical (unpaired) electrons. The third kappa shape index (κ3) is 6.39. The van der Waals surface area contributed by atoms with E-state index in [-0.39, 0.29) is 17.1 Å². The molecule has 0 aromatic heterocycles. The molecular formula is C15H17ClF3NO2. The first-order valence-electron chi connectivity index (χ1n) is 6.49. The van der Waals surface area contributed by atoms with Gasteiger partial charge in [0.2, 0.25) is 0 Å². The minimum Gasteiger partial charge on any atom is -0.444 e. The van der Waals surface area contributed by atoms with Gasteiger partial charge in [-0.05, 0) is 44.5 Å². The van der Waals surface area contributed by atoms with E-state index >= 15 is 0 Å². The van der Waals surface area contributed by atoms with Crippen molar-refractivity contribution >= 4 is 23.8 Å². The molecule has 0 aliphatic heterocycles. The van der Waals surface area contributed by atoms with Crippen LogP contribution in [0.5, 0.6) is 0 Å². The summed E-state index contributed by atoms with van der Waals surface area (Å²) in [6, 6.07) is 3.32. The fourth-order valence-corrected chi connectivity index (χ4v) is 1.75. The number of carbonyl (C=O) groups is 1. The van der Waals surface area contributed by atoms with Gasteiger partial charge in [-0.15, -0.1) is 0 Å². The van der Waals surface area contributed by atoms with E-state index in [1.54, 1.807) is 20.8 Å². The summed E-state index contributed by atoms with van der Waals surface area (Å²) in [6.07, 6.45) is -2.46. The Morgan fingerprint density at radius 1 is 1.32 bits per heavy atom. The minimum absolute atomic E-state index is 0.0404. The molecule has 0 bridgehead atoms. The quantitative estimate of drug-likeness (QED) is 0.853. The summed E-state index contributed by atoms with van der Waals surface area (Å²) in [4.78, 5) is 11.4. The van der Waals surface area contributed by atoms with Crippen molar-refractivity contribution in [3.63, 3.8) is 0 Å². The number of hydrogen-bond acceptors (Lipinski definition) is 2. The molecule has 3 nitrogen and oxygen atoms in total. The molecule has 1 N–H and O–H groups in total. The average Bonchev–Trinajstić information content (AvgIpc) is 2.31. The van der Waals surface area contributed by atoms with E-state index in [0.717, 1.165) is 6.07 Å². The molecule has 7 heteroatoms. The maximum Gasteiger partial charge on any atom is 0.416 e. The third-order valence-corrected chi connectivity index (χ3v) is 2.61.